The number of hydroxylamine groups is 2. The number of benzene rings is 2. The lowest BCUT2D eigenvalue weighted by Crippen LogP contribution is -2.51. The van der Waals surface area contributed by atoms with Gasteiger partial charge in [-0.1, -0.05) is 36.4 Å². The molecule has 1 radical (unpaired) electrons. The maximum absolute atomic E-state index is 17.1. The van der Waals surface area contributed by atoms with Crippen LogP contribution in [0.2, 0.25) is 13.1 Å². The van der Waals surface area contributed by atoms with E-state index in [9.17, 15) is 55.5 Å². The van der Waals surface area contributed by atoms with E-state index >= 15 is 8.63 Å². The number of esters is 1. The van der Waals surface area contributed by atoms with Crippen molar-refractivity contribution >= 4 is 103 Å². The van der Waals surface area contributed by atoms with Crippen LogP contribution in [0.4, 0.5) is 19.1 Å². The smallest absolute Gasteiger partial charge is 0.737 e. The number of aryl methyl sites for hydroxylation is 2. The summed E-state index contributed by atoms with van der Waals surface area (Å²) in [6, 6.07) is 10.5. The first-order valence-electron chi connectivity index (χ1n) is 25.4. The van der Waals surface area contributed by atoms with Crippen molar-refractivity contribution in [2.45, 2.75) is 76.4 Å². The minimum Gasteiger partial charge on any atom is -0.748 e. The van der Waals surface area contributed by atoms with E-state index in [-0.39, 0.29) is 72.5 Å². The van der Waals surface area contributed by atoms with Gasteiger partial charge in [0.05, 0.1) is 80.8 Å². The molecule has 1 aromatic heterocycles. The molecule has 1 N–H and O–H groups in total. The summed E-state index contributed by atoms with van der Waals surface area (Å²) in [5, 5.41) is 12.3. The molecule has 449 valence electrons. The molecule has 3 aliphatic rings. The van der Waals surface area contributed by atoms with Crippen LogP contribution in [0.1, 0.15) is 66.8 Å². The van der Waals surface area contributed by atoms with E-state index in [2.05, 4.69) is 70.4 Å². The second kappa shape index (κ2) is 27.9. The molecule has 3 aliphatic heterocycles. The van der Waals surface area contributed by atoms with Crippen molar-refractivity contribution in [3.63, 3.8) is 0 Å². The third-order valence-electron chi connectivity index (χ3n) is 12.8. The number of ether oxygens (including phenoxy) is 4. The molecule has 3 atom stereocenters. The van der Waals surface area contributed by atoms with Crippen LogP contribution in [0, 0.1) is 17.0 Å². The molecule has 3 amide bonds. The maximum atomic E-state index is 17.1. The number of quaternary nitrogens is 1. The molecule has 1 saturated heterocycles. The highest BCUT2D eigenvalue weighted by Crippen LogP contribution is 2.41. The number of imide groups is 1. The lowest BCUT2D eigenvalue weighted by atomic mass is 9.88. The largest absolute Gasteiger partial charge is 0.748 e. The van der Waals surface area contributed by atoms with Crippen LogP contribution in [0.15, 0.2) is 65.9 Å². The number of likely N-dealkylation sites (N-methyl/N-ethyl adjacent to an activating group) is 1. The van der Waals surface area contributed by atoms with Gasteiger partial charge in [-0.25, -0.2) is 18.0 Å². The third-order valence-corrected chi connectivity index (χ3v) is 15.1. The summed E-state index contributed by atoms with van der Waals surface area (Å²) in [6.45, 7) is 3.21. The SMILES string of the molecule is COc1cc(C(C)OC(=O)ON2C(=O)CC(S(=O)(=O)OC)C2=O)c([N+](=O)[O-])cc1OCCN(C)CCOC(=O)C(CS(=O)(=O)[O-])NC(=O)CCc1cc(C)c2n1[B-](F)(F)[N+]1=C(c3ccccc3)C=C(CCC[N+](C)(C)C)C1=C2.C[Si](C)I. The summed E-state index contributed by atoms with van der Waals surface area (Å²) in [5.74, 6) is -6.36. The Kier molecular flexibility index (Phi) is 22.7. The summed E-state index contributed by atoms with van der Waals surface area (Å²) in [6.07, 6.45) is 0.167. The molecule has 0 spiro atoms. The summed E-state index contributed by atoms with van der Waals surface area (Å²) in [5.41, 5.74) is 2.13. The Hall–Kier alpha value is -6.17. The van der Waals surface area contributed by atoms with Crippen LogP contribution in [-0.2, 0) is 64.3 Å². The number of nitro groups is 1. The topological polar surface area (TPSA) is 302 Å². The van der Waals surface area contributed by atoms with E-state index in [0.29, 0.717) is 33.4 Å². The van der Waals surface area contributed by atoms with Crippen molar-refractivity contribution in [3.8, 4) is 11.5 Å². The van der Waals surface area contributed by atoms with E-state index < -0.39 is 104 Å². The predicted molar refractivity (Wildman–Crippen MR) is 304 cm³/mol. The van der Waals surface area contributed by atoms with Gasteiger partial charge >= 0.3 is 19.1 Å². The molecule has 6 rings (SSSR count). The number of nitro benzene ring substituents is 1. The fraction of sp³-hybridized carbons (Fsp3) is 0.480. The van der Waals surface area contributed by atoms with Gasteiger partial charge in [-0.3, -0.25) is 38.4 Å². The number of halogens is 3. The van der Waals surface area contributed by atoms with Gasteiger partial charge in [0.1, 0.15) is 31.7 Å². The number of hydrogen-bond acceptors (Lipinski definition) is 19. The minimum atomic E-state index is -5.12. The number of amides is 3. The molecule has 2 aromatic carbocycles. The second-order valence-electron chi connectivity index (χ2n) is 20.4. The van der Waals surface area contributed by atoms with E-state index in [1.807, 2.05) is 0 Å². The van der Waals surface area contributed by atoms with E-state index in [1.165, 1.54) is 14.0 Å². The molecule has 32 heteroatoms. The van der Waals surface area contributed by atoms with Gasteiger partial charge in [0.15, 0.2) is 28.2 Å². The molecule has 3 aromatic rings. The van der Waals surface area contributed by atoms with Gasteiger partial charge in [-0.05, 0) is 69.3 Å². The molecular formula is C50H66BF2IN7O18S2Si. The molecule has 0 bridgehead atoms. The lowest BCUT2D eigenvalue weighted by Gasteiger charge is -2.32. The zero-order valence-electron chi connectivity index (χ0n) is 46.8. The van der Waals surface area contributed by atoms with Gasteiger partial charge in [-0.15, -0.1) is 21.8 Å². The number of allylic oxidation sites excluding steroid dienone is 2. The fourth-order valence-electron chi connectivity index (χ4n) is 8.94. The highest BCUT2D eigenvalue weighted by Gasteiger charge is 2.55. The van der Waals surface area contributed by atoms with E-state index in [1.54, 1.807) is 67.4 Å². The number of carbonyl (C=O) groups excluding carboxylic acids is 5. The van der Waals surface area contributed by atoms with Gasteiger partial charge in [0, 0.05) is 54.9 Å². The zero-order chi connectivity index (χ0) is 61.2. The summed E-state index contributed by atoms with van der Waals surface area (Å²) in [7, 11) is 0.0885. The van der Waals surface area contributed by atoms with Crippen LogP contribution in [-0.4, -0.2) is 191 Å². The van der Waals surface area contributed by atoms with Crippen molar-refractivity contribution in [1.82, 2.24) is 19.8 Å². The average Bonchev–Trinajstić information content (AvgIpc) is 2.95. The summed E-state index contributed by atoms with van der Waals surface area (Å²) >= 11 is 2.45. The average molecular weight is 1320 g/mol. The maximum Gasteiger partial charge on any atom is 0.737 e. The Morgan fingerprint density at radius 1 is 1.01 bits per heavy atom. The molecule has 25 nitrogen and oxygen atoms in total. The number of rotatable bonds is 26. The zero-order valence-corrected chi connectivity index (χ0v) is 51.6. The highest BCUT2D eigenvalue weighted by molar-refractivity contribution is 14.1. The number of hydrogen-bond donors (Lipinski definition) is 1. The lowest BCUT2D eigenvalue weighted by molar-refractivity contribution is -0.870. The molecular weight excluding hydrogens is 1250 g/mol. The fourth-order valence-corrected chi connectivity index (χ4v) is 10.5. The third kappa shape index (κ3) is 17.4. The monoisotopic (exact) mass is 1320 g/mol. The Morgan fingerprint density at radius 3 is 2.26 bits per heavy atom. The first-order valence-corrected chi connectivity index (χ1v) is 34.1. The number of aromatic nitrogens is 1. The van der Waals surface area contributed by atoms with E-state index in [0.717, 1.165) is 46.7 Å². The first-order chi connectivity index (χ1) is 38.2. The van der Waals surface area contributed by atoms with Crippen molar-refractivity contribution in [3.05, 3.63) is 104 Å². The van der Waals surface area contributed by atoms with Crippen LogP contribution in [0.5, 0.6) is 11.5 Å². The van der Waals surface area contributed by atoms with Crippen LogP contribution in [0.3, 0.4) is 0 Å². The number of fused-ring (bicyclic) bond motifs is 2. The van der Waals surface area contributed by atoms with Crippen LogP contribution in [0.25, 0.3) is 6.08 Å². The molecule has 3 unspecified atom stereocenters. The van der Waals surface area contributed by atoms with Gasteiger partial charge in [-0.2, -0.15) is 8.42 Å². The van der Waals surface area contributed by atoms with Crippen molar-refractivity contribution < 1.29 is 95.9 Å². The van der Waals surface area contributed by atoms with Crippen molar-refractivity contribution in [2.24, 2.45) is 0 Å². The van der Waals surface area contributed by atoms with Crippen LogP contribution >= 0.6 is 21.8 Å². The standard InChI is InChI=1S/C48H60BF2N7O18S2.C2H6ISi/c1-30-23-34(54-37(30)26-39-33(15-12-20-58(4,5)6)24-38(55(39)49(54,50)51)32-13-10-9-11-14-32)16-17-44(59)52-36(29-77(66,67)68)47(62)74-22-19-53(3)18-21-73-42-27-40(57(64)65)35(25-41(42)71-7)31(2)75-48(63)76-56-45(60)28-43(46(56)61)78(69,70)72-8;1-4(2)3/h9-11,13-14,23-27,31,36,43H,12,15-22,28-29H2,1-8H3,(H-,52,59,66,67,68);1-2H3. The Morgan fingerprint density at radius 2 is 1.66 bits per heavy atom. The first kappa shape index (κ1) is 66.6. The summed E-state index contributed by atoms with van der Waals surface area (Å²) < 4.78 is 122. The van der Waals surface area contributed by atoms with Crippen LogP contribution < -0.4 is 14.8 Å². The number of carbonyl (C=O) groups is 5. The Labute approximate surface area is 488 Å². The number of methoxy groups -OCH3 is 1. The molecule has 82 heavy (non-hydrogen) atoms. The van der Waals surface area contributed by atoms with Gasteiger partial charge in [0.2, 0.25) is 5.91 Å². The summed E-state index contributed by atoms with van der Waals surface area (Å²) in [4.78, 5) is 81.3. The Bertz CT molecular complexity index is 3250. The normalized spacial score (nSPS) is 16.6. The van der Waals surface area contributed by atoms with Crippen molar-refractivity contribution in [2.75, 3.05) is 81.0 Å². The number of nitrogens with one attached hydrogen (secondary N) is 1. The second-order valence-corrected chi connectivity index (χ2v) is 32.0. The minimum absolute atomic E-state index is 0.0169. The van der Waals surface area contributed by atoms with Gasteiger partial charge < -0.3 is 50.9 Å². The quantitative estimate of drug-likeness (QED) is 0.0109. The molecule has 0 saturated carbocycles. The van der Waals surface area contributed by atoms with Crippen molar-refractivity contribution in [1.29, 1.82) is 0 Å². The Balaban J connectivity index is 0.00000298. The number of nitrogens with zero attached hydrogens (tertiary/aromatic N) is 6. The molecule has 0 aliphatic carbocycles. The van der Waals surface area contributed by atoms with E-state index in [4.69, 9.17) is 18.9 Å². The predicted octanol–water partition coefficient (Wildman–Crippen LogP) is 4.64. The molecule has 4 heterocycles. The van der Waals surface area contributed by atoms with Gasteiger partial charge in [0.25, 0.3) is 27.6 Å². The molecule has 1 fully saturated rings. The highest BCUT2D eigenvalue weighted by atomic mass is 127.